The SMILES string of the molecule is COC(=O)c1ccc(S(=O)(=O)N2CCC(OCCCN)CC2)c(C)c1.Cl. The van der Waals surface area contributed by atoms with E-state index in [0.717, 1.165) is 6.42 Å². The van der Waals surface area contributed by atoms with E-state index in [2.05, 4.69) is 4.74 Å². The summed E-state index contributed by atoms with van der Waals surface area (Å²) in [6, 6.07) is 4.50. The Hall–Kier alpha value is -1.19. The average Bonchev–Trinajstić information content (AvgIpc) is 2.61. The number of halogens is 1. The van der Waals surface area contributed by atoms with Crippen LogP contribution in [0.3, 0.4) is 0 Å². The summed E-state index contributed by atoms with van der Waals surface area (Å²) in [5, 5.41) is 0. The molecule has 1 fully saturated rings. The van der Waals surface area contributed by atoms with E-state index in [0.29, 0.717) is 50.2 Å². The molecule has 0 aliphatic carbocycles. The van der Waals surface area contributed by atoms with E-state index in [-0.39, 0.29) is 23.4 Å². The van der Waals surface area contributed by atoms with Crippen molar-refractivity contribution in [2.45, 2.75) is 37.2 Å². The maximum atomic E-state index is 12.9. The number of benzene rings is 1. The smallest absolute Gasteiger partial charge is 0.337 e. The molecule has 0 unspecified atom stereocenters. The predicted molar refractivity (Wildman–Crippen MR) is 101 cm³/mol. The van der Waals surface area contributed by atoms with Crippen molar-refractivity contribution >= 4 is 28.4 Å². The molecule has 1 saturated heterocycles. The van der Waals surface area contributed by atoms with Gasteiger partial charge in [0.25, 0.3) is 0 Å². The Morgan fingerprint density at radius 1 is 1.31 bits per heavy atom. The van der Waals surface area contributed by atoms with Crippen LogP contribution in [-0.4, -0.2) is 58.1 Å². The molecule has 1 aromatic rings. The van der Waals surface area contributed by atoms with Crippen molar-refractivity contribution in [3.8, 4) is 0 Å². The lowest BCUT2D eigenvalue weighted by Crippen LogP contribution is -2.41. The summed E-state index contributed by atoms with van der Waals surface area (Å²) in [6.45, 7) is 3.74. The van der Waals surface area contributed by atoms with Gasteiger partial charge >= 0.3 is 5.97 Å². The van der Waals surface area contributed by atoms with E-state index in [1.165, 1.54) is 23.5 Å². The second-order valence-electron chi connectivity index (χ2n) is 6.09. The first-order chi connectivity index (χ1) is 11.9. The largest absolute Gasteiger partial charge is 0.465 e. The molecule has 1 aliphatic heterocycles. The van der Waals surface area contributed by atoms with Gasteiger partial charge in [-0.25, -0.2) is 13.2 Å². The molecule has 0 amide bonds. The first-order valence-corrected chi connectivity index (χ1v) is 9.85. The second-order valence-corrected chi connectivity index (χ2v) is 7.99. The minimum absolute atomic E-state index is 0. The highest BCUT2D eigenvalue weighted by Gasteiger charge is 2.30. The Kier molecular flexibility index (Phi) is 8.99. The van der Waals surface area contributed by atoms with Gasteiger partial charge in [-0.2, -0.15) is 4.31 Å². The number of esters is 1. The van der Waals surface area contributed by atoms with Gasteiger partial charge in [0.15, 0.2) is 0 Å². The molecule has 148 valence electrons. The van der Waals surface area contributed by atoms with Crippen LogP contribution in [0.4, 0.5) is 0 Å². The van der Waals surface area contributed by atoms with Gasteiger partial charge in [0.05, 0.1) is 23.7 Å². The quantitative estimate of drug-likeness (QED) is 0.546. The minimum Gasteiger partial charge on any atom is -0.465 e. The summed E-state index contributed by atoms with van der Waals surface area (Å²) in [4.78, 5) is 11.8. The van der Waals surface area contributed by atoms with Crippen molar-refractivity contribution in [3.05, 3.63) is 29.3 Å². The molecule has 0 aromatic heterocycles. The van der Waals surface area contributed by atoms with Crippen molar-refractivity contribution in [2.24, 2.45) is 5.73 Å². The zero-order chi connectivity index (χ0) is 18.4. The second kappa shape index (κ2) is 10.2. The number of sulfonamides is 1. The number of carbonyl (C=O) groups excluding carboxylic acids is 1. The van der Waals surface area contributed by atoms with E-state index in [9.17, 15) is 13.2 Å². The molecule has 1 heterocycles. The van der Waals surface area contributed by atoms with Crippen LogP contribution in [0.15, 0.2) is 23.1 Å². The Bertz CT molecular complexity index is 703. The summed E-state index contributed by atoms with van der Waals surface area (Å²) >= 11 is 0. The molecule has 2 N–H and O–H groups in total. The van der Waals surface area contributed by atoms with Gasteiger partial charge in [-0.3, -0.25) is 0 Å². The normalized spacial score (nSPS) is 16.1. The van der Waals surface area contributed by atoms with Crippen molar-refractivity contribution in [2.75, 3.05) is 33.4 Å². The van der Waals surface area contributed by atoms with Gasteiger partial charge in [0.2, 0.25) is 10.0 Å². The van der Waals surface area contributed by atoms with Gasteiger partial charge < -0.3 is 15.2 Å². The number of carbonyl (C=O) groups is 1. The number of methoxy groups -OCH3 is 1. The molecule has 0 atom stereocenters. The Labute approximate surface area is 161 Å². The molecule has 0 radical (unpaired) electrons. The van der Waals surface area contributed by atoms with Crippen LogP contribution < -0.4 is 5.73 Å². The van der Waals surface area contributed by atoms with Crippen molar-refractivity contribution in [1.29, 1.82) is 0 Å². The van der Waals surface area contributed by atoms with Crippen LogP contribution in [0.25, 0.3) is 0 Å². The molecule has 1 aromatic carbocycles. The van der Waals surface area contributed by atoms with E-state index < -0.39 is 16.0 Å². The highest BCUT2D eigenvalue weighted by atomic mass is 35.5. The summed E-state index contributed by atoms with van der Waals surface area (Å²) in [6.07, 6.45) is 2.23. The third kappa shape index (κ3) is 5.40. The molecule has 0 bridgehead atoms. The van der Waals surface area contributed by atoms with Crippen LogP contribution >= 0.6 is 12.4 Å². The van der Waals surface area contributed by atoms with Gasteiger partial charge in [0, 0.05) is 19.7 Å². The van der Waals surface area contributed by atoms with E-state index in [1.54, 1.807) is 13.0 Å². The Morgan fingerprint density at radius 2 is 1.96 bits per heavy atom. The molecule has 26 heavy (non-hydrogen) atoms. The number of ether oxygens (including phenoxy) is 2. The van der Waals surface area contributed by atoms with Gasteiger partial charge in [-0.15, -0.1) is 12.4 Å². The zero-order valence-corrected chi connectivity index (χ0v) is 16.8. The number of hydrogen-bond acceptors (Lipinski definition) is 6. The number of aryl methyl sites for hydroxylation is 1. The Balaban J connectivity index is 0.00000338. The standard InChI is InChI=1S/C17H26N2O5S.ClH/c1-13-12-14(17(20)23-2)4-5-16(13)25(21,22)19-9-6-15(7-10-19)24-11-3-8-18;/h4-5,12,15H,3,6-11,18H2,1-2H3;1H. The van der Waals surface area contributed by atoms with Crippen molar-refractivity contribution in [3.63, 3.8) is 0 Å². The third-order valence-electron chi connectivity index (χ3n) is 4.32. The fourth-order valence-electron chi connectivity index (χ4n) is 2.90. The van der Waals surface area contributed by atoms with E-state index in [1.807, 2.05) is 0 Å². The molecule has 0 spiro atoms. The van der Waals surface area contributed by atoms with Gasteiger partial charge in [-0.05, 0) is 56.5 Å². The number of hydrogen-bond donors (Lipinski definition) is 1. The molecule has 1 aliphatic rings. The van der Waals surface area contributed by atoms with Crippen LogP contribution in [0.2, 0.25) is 0 Å². The fourth-order valence-corrected chi connectivity index (χ4v) is 4.57. The molecule has 7 nitrogen and oxygen atoms in total. The maximum absolute atomic E-state index is 12.9. The van der Waals surface area contributed by atoms with Crippen molar-refractivity contribution in [1.82, 2.24) is 4.31 Å². The lowest BCUT2D eigenvalue weighted by molar-refractivity contribution is 0.0209. The molecule has 2 rings (SSSR count). The molecule has 0 saturated carbocycles. The number of nitrogens with zero attached hydrogens (tertiary/aromatic N) is 1. The third-order valence-corrected chi connectivity index (χ3v) is 6.38. The summed E-state index contributed by atoms with van der Waals surface area (Å²) in [5.41, 5.74) is 6.31. The average molecular weight is 407 g/mol. The van der Waals surface area contributed by atoms with Crippen molar-refractivity contribution < 1.29 is 22.7 Å². The maximum Gasteiger partial charge on any atom is 0.337 e. The molecular weight excluding hydrogens is 380 g/mol. The molecule has 9 heteroatoms. The van der Waals surface area contributed by atoms with Gasteiger partial charge in [-0.1, -0.05) is 0 Å². The van der Waals surface area contributed by atoms with Crippen LogP contribution in [0, 0.1) is 6.92 Å². The monoisotopic (exact) mass is 406 g/mol. The lowest BCUT2D eigenvalue weighted by Gasteiger charge is -2.31. The lowest BCUT2D eigenvalue weighted by atomic mass is 10.1. The predicted octanol–water partition coefficient (Wildman–Crippen LogP) is 1.72. The topological polar surface area (TPSA) is 98.9 Å². The van der Waals surface area contributed by atoms with Crippen LogP contribution in [-0.2, 0) is 19.5 Å². The molecular formula is C17H27ClN2O5S. The van der Waals surface area contributed by atoms with Crippen LogP contribution in [0.1, 0.15) is 35.2 Å². The minimum atomic E-state index is -3.58. The van der Waals surface area contributed by atoms with Crippen LogP contribution in [0.5, 0.6) is 0 Å². The highest BCUT2D eigenvalue weighted by molar-refractivity contribution is 7.89. The summed E-state index contributed by atoms with van der Waals surface area (Å²) < 4.78 is 37.6. The highest BCUT2D eigenvalue weighted by Crippen LogP contribution is 2.25. The van der Waals surface area contributed by atoms with E-state index in [4.69, 9.17) is 10.5 Å². The zero-order valence-electron chi connectivity index (χ0n) is 15.1. The fraction of sp³-hybridized carbons (Fsp3) is 0.588. The number of nitrogens with two attached hydrogens (primary N) is 1. The first-order valence-electron chi connectivity index (χ1n) is 8.41. The Morgan fingerprint density at radius 3 is 2.50 bits per heavy atom. The first kappa shape index (κ1) is 22.9. The van der Waals surface area contributed by atoms with Gasteiger partial charge in [0.1, 0.15) is 0 Å². The summed E-state index contributed by atoms with van der Waals surface area (Å²) in [5.74, 6) is -0.484. The van der Waals surface area contributed by atoms with E-state index >= 15 is 0 Å². The summed E-state index contributed by atoms with van der Waals surface area (Å²) in [7, 11) is -2.29. The number of rotatable bonds is 7. The number of piperidine rings is 1.